The molecule has 0 aromatic heterocycles. The van der Waals surface area contributed by atoms with Gasteiger partial charge in [-0.1, -0.05) is 12.1 Å². The highest BCUT2D eigenvalue weighted by atomic mass is 16.5. The van der Waals surface area contributed by atoms with E-state index in [1.807, 2.05) is 0 Å². The van der Waals surface area contributed by atoms with Crippen molar-refractivity contribution in [1.82, 2.24) is 10.2 Å². The second-order valence-electron chi connectivity index (χ2n) is 4.29. The van der Waals surface area contributed by atoms with E-state index in [9.17, 15) is 0 Å². The topological polar surface area (TPSA) is 83.1 Å². The molecule has 1 aliphatic rings. The minimum absolute atomic E-state index is 0.285. The lowest BCUT2D eigenvalue weighted by Gasteiger charge is -2.32. The SMILES string of the molecule is CCN1CCOC(CNCCCC(N)=NO)C1. The van der Waals surface area contributed by atoms with E-state index >= 15 is 0 Å². The van der Waals surface area contributed by atoms with Gasteiger partial charge >= 0.3 is 0 Å². The lowest BCUT2D eigenvalue weighted by atomic mass is 10.2. The molecule has 1 fully saturated rings. The molecule has 1 aliphatic heterocycles. The summed E-state index contributed by atoms with van der Waals surface area (Å²) >= 11 is 0. The van der Waals surface area contributed by atoms with Crippen molar-refractivity contribution < 1.29 is 9.94 Å². The van der Waals surface area contributed by atoms with Crippen LogP contribution in [-0.4, -0.2) is 61.4 Å². The minimum Gasteiger partial charge on any atom is -0.409 e. The Hall–Kier alpha value is -0.850. The van der Waals surface area contributed by atoms with E-state index in [-0.39, 0.29) is 11.9 Å². The van der Waals surface area contributed by atoms with Crippen LogP contribution in [0.3, 0.4) is 0 Å². The Labute approximate surface area is 103 Å². The van der Waals surface area contributed by atoms with Crippen molar-refractivity contribution in [2.75, 3.05) is 39.3 Å². The van der Waals surface area contributed by atoms with E-state index in [0.717, 1.165) is 45.8 Å². The van der Waals surface area contributed by atoms with E-state index < -0.39 is 0 Å². The van der Waals surface area contributed by atoms with Gasteiger partial charge in [0.25, 0.3) is 0 Å². The van der Waals surface area contributed by atoms with Crippen LogP contribution < -0.4 is 11.1 Å². The Morgan fingerprint density at radius 2 is 2.47 bits per heavy atom. The van der Waals surface area contributed by atoms with Crippen LogP contribution in [-0.2, 0) is 4.74 Å². The van der Waals surface area contributed by atoms with Gasteiger partial charge in [0.1, 0.15) is 5.84 Å². The fraction of sp³-hybridized carbons (Fsp3) is 0.909. The van der Waals surface area contributed by atoms with Crippen LogP contribution in [0, 0.1) is 0 Å². The van der Waals surface area contributed by atoms with Gasteiger partial charge in [-0.05, 0) is 19.5 Å². The number of likely N-dealkylation sites (N-methyl/N-ethyl adjacent to an activating group) is 1. The zero-order valence-corrected chi connectivity index (χ0v) is 10.6. The molecular formula is C11H24N4O2. The molecule has 0 aliphatic carbocycles. The minimum atomic E-state index is 0.285. The monoisotopic (exact) mass is 244 g/mol. The Bertz CT molecular complexity index is 236. The molecule has 17 heavy (non-hydrogen) atoms. The highest BCUT2D eigenvalue weighted by molar-refractivity contribution is 5.79. The molecule has 1 rings (SSSR count). The van der Waals surface area contributed by atoms with E-state index in [2.05, 4.69) is 22.3 Å². The third-order valence-corrected chi connectivity index (χ3v) is 2.96. The molecule has 0 aromatic carbocycles. The van der Waals surface area contributed by atoms with Gasteiger partial charge in [-0.15, -0.1) is 0 Å². The smallest absolute Gasteiger partial charge is 0.139 e. The van der Waals surface area contributed by atoms with Crippen molar-refractivity contribution in [3.8, 4) is 0 Å². The molecular weight excluding hydrogens is 220 g/mol. The molecule has 100 valence electrons. The summed E-state index contributed by atoms with van der Waals surface area (Å²) in [7, 11) is 0. The van der Waals surface area contributed by atoms with Gasteiger partial charge in [-0.2, -0.15) is 0 Å². The average Bonchev–Trinajstić information content (AvgIpc) is 2.38. The molecule has 0 aromatic rings. The van der Waals surface area contributed by atoms with Crippen LogP contribution in [0.5, 0.6) is 0 Å². The number of morpholine rings is 1. The summed E-state index contributed by atoms with van der Waals surface area (Å²) in [6, 6.07) is 0. The Morgan fingerprint density at radius 1 is 1.65 bits per heavy atom. The predicted molar refractivity (Wildman–Crippen MR) is 67.4 cm³/mol. The lowest BCUT2D eigenvalue weighted by Crippen LogP contribution is -2.46. The van der Waals surface area contributed by atoms with E-state index in [4.69, 9.17) is 15.7 Å². The summed E-state index contributed by atoms with van der Waals surface area (Å²) in [6.07, 6.45) is 1.78. The summed E-state index contributed by atoms with van der Waals surface area (Å²) < 4.78 is 5.67. The fourth-order valence-corrected chi connectivity index (χ4v) is 1.90. The first-order chi connectivity index (χ1) is 8.26. The molecule has 1 unspecified atom stereocenters. The zero-order valence-electron chi connectivity index (χ0n) is 10.6. The average molecular weight is 244 g/mol. The van der Waals surface area contributed by atoms with Gasteiger partial charge in [-0.25, -0.2) is 0 Å². The van der Waals surface area contributed by atoms with Crippen molar-refractivity contribution in [2.24, 2.45) is 10.9 Å². The second-order valence-corrected chi connectivity index (χ2v) is 4.29. The van der Waals surface area contributed by atoms with Crippen molar-refractivity contribution >= 4 is 5.84 Å². The van der Waals surface area contributed by atoms with Crippen LogP contribution in [0.4, 0.5) is 0 Å². The van der Waals surface area contributed by atoms with Crippen molar-refractivity contribution in [3.05, 3.63) is 0 Å². The van der Waals surface area contributed by atoms with Gasteiger partial charge in [-0.3, -0.25) is 4.90 Å². The number of hydrogen-bond acceptors (Lipinski definition) is 5. The molecule has 6 heteroatoms. The quantitative estimate of drug-likeness (QED) is 0.190. The summed E-state index contributed by atoms with van der Waals surface area (Å²) in [4.78, 5) is 2.40. The van der Waals surface area contributed by atoms with Crippen molar-refractivity contribution in [3.63, 3.8) is 0 Å². The van der Waals surface area contributed by atoms with Crippen LogP contribution in [0.25, 0.3) is 0 Å². The molecule has 0 amide bonds. The van der Waals surface area contributed by atoms with Crippen LogP contribution in [0.1, 0.15) is 19.8 Å². The third kappa shape index (κ3) is 5.86. The first-order valence-electron chi connectivity index (χ1n) is 6.27. The van der Waals surface area contributed by atoms with Gasteiger partial charge in [0.05, 0.1) is 12.7 Å². The van der Waals surface area contributed by atoms with Gasteiger partial charge in [0, 0.05) is 26.1 Å². The predicted octanol–water partition coefficient (Wildman–Crippen LogP) is -0.177. The Balaban J connectivity index is 2.02. The summed E-state index contributed by atoms with van der Waals surface area (Å²) in [5, 5.41) is 14.6. The Kier molecular flexibility index (Phi) is 6.91. The third-order valence-electron chi connectivity index (χ3n) is 2.96. The van der Waals surface area contributed by atoms with Gasteiger partial charge in [0.2, 0.25) is 0 Å². The molecule has 6 nitrogen and oxygen atoms in total. The molecule has 0 spiro atoms. The molecule has 0 radical (unpaired) electrons. The van der Waals surface area contributed by atoms with Gasteiger partial charge in [0.15, 0.2) is 0 Å². The fourth-order valence-electron chi connectivity index (χ4n) is 1.90. The normalized spacial score (nSPS) is 22.9. The number of amidine groups is 1. The van der Waals surface area contributed by atoms with E-state index in [1.165, 1.54) is 0 Å². The standard InChI is InChI=1S/C11H24N4O2/c1-2-15-6-7-17-10(9-15)8-13-5-3-4-11(12)14-16/h10,13,16H,2-9H2,1H3,(H2,12,14). The molecule has 0 bridgehead atoms. The lowest BCUT2D eigenvalue weighted by molar-refractivity contribution is -0.0251. The number of nitrogens with one attached hydrogen (secondary N) is 1. The number of nitrogens with zero attached hydrogens (tertiary/aromatic N) is 2. The summed E-state index contributed by atoms with van der Waals surface area (Å²) in [5.41, 5.74) is 5.38. The summed E-state index contributed by atoms with van der Waals surface area (Å²) in [5.74, 6) is 0.290. The number of ether oxygens (including phenoxy) is 1. The van der Waals surface area contributed by atoms with Crippen molar-refractivity contribution in [2.45, 2.75) is 25.9 Å². The number of nitrogens with two attached hydrogens (primary N) is 1. The number of oxime groups is 1. The van der Waals surface area contributed by atoms with Crippen molar-refractivity contribution in [1.29, 1.82) is 0 Å². The molecule has 1 atom stereocenters. The second kappa shape index (κ2) is 8.27. The van der Waals surface area contributed by atoms with Gasteiger partial charge < -0.3 is 21.0 Å². The molecule has 1 saturated heterocycles. The van der Waals surface area contributed by atoms with Crippen LogP contribution >= 0.6 is 0 Å². The number of rotatable bonds is 7. The first kappa shape index (κ1) is 14.2. The highest BCUT2D eigenvalue weighted by Crippen LogP contribution is 2.03. The van der Waals surface area contributed by atoms with Crippen LogP contribution in [0.2, 0.25) is 0 Å². The van der Waals surface area contributed by atoms with E-state index in [0.29, 0.717) is 6.42 Å². The molecule has 4 N–H and O–H groups in total. The zero-order chi connectivity index (χ0) is 12.5. The maximum absolute atomic E-state index is 8.37. The Morgan fingerprint density at radius 3 is 3.18 bits per heavy atom. The summed E-state index contributed by atoms with van der Waals surface area (Å²) in [6.45, 7) is 7.86. The largest absolute Gasteiger partial charge is 0.409 e. The molecule has 1 heterocycles. The maximum Gasteiger partial charge on any atom is 0.139 e. The maximum atomic E-state index is 8.37. The highest BCUT2D eigenvalue weighted by Gasteiger charge is 2.18. The van der Waals surface area contributed by atoms with E-state index in [1.54, 1.807) is 0 Å². The van der Waals surface area contributed by atoms with Crippen LogP contribution in [0.15, 0.2) is 5.16 Å². The first-order valence-corrected chi connectivity index (χ1v) is 6.27. The molecule has 0 saturated carbocycles. The number of hydrogen-bond donors (Lipinski definition) is 3.